The Kier molecular flexibility index (Phi) is 3.89. The first-order valence-electron chi connectivity index (χ1n) is 5.78. The van der Waals surface area contributed by atoms with Crippen molar-refractivity contribution in [2.45, 2.75) is 13.3 Å². The van der Waals surface area contributed by atoms with Gasteiger partial charge in [-0.05, 0) is 49.7 Å². The van der Waals surface area contributed by atoms with Crippen molar-refractivity contribution in [2.75, 3.05) is 6.54 Å². The van der Waals surface area contributed by atoms with Gasteiger partial charge in [0.2, 0.25) is 5.88 Å². The zero-order valence-corrected chi connectivity index (χ0v) is 10.2. The fourth-order valence-electron chi connectivity index (χ4n) is 1.65. The molecule has 1 heterocycles. The quantitative estimate of drug-likeness (QED) is 0.902. The largest absolute Gasteiger partial charge is 0.439 e. The summed E-state index contributed by atoms with van der Waals surface area (Å²) in [5, 5.41) is 0. The Morgan fingerprint density at radius 3 is 2.89 bits per heavy atom. The van der Waals surface area contributed by atoms with Crippen LogP contribution in [0.15, 0.2) is 36.5 Å². The standard InChI is InChI=1S/C14H15FN2O/c1-10-9-12(4-5-13(10)15)18-14-11(6-7-16)3-2-8-17-14/h2-5,8-9H,6-7,16H2,1H3. The second kappa shape index (κ2) is 5.60. The number of hydrogen-bond donors (Lipinski definition) is 1. The number of aromatic nitrogens is 1. The predicted octanol–water partition coefficient (Wildman–Crippen LogP) is 2.82. The van der Waals surface area contributed by atoms with Gasteiger partial charge in [-0.3, -0.25) is 0 Å². The third kappa shape index (κ3) is 2.84. The van der Waals surface area contributed by atoms with E-state index >= 15 is 0 Å². The molecule has 0 aliphatic rings. The summed E-state index contributed by atoms with van der Waals surface area (Å²) in [5.41, 5.74) is 7.03. The van der Waals surface area contributed by atoms with Crippen LogP contribution >= 0.6 is 0 Å². The van der Waals surface area contributed by atoms with Crippen molar-refractivity contribution in [3.8, 4) is 11.6 Å². The summed E-state index contributed by atoms with van der Waals surface area (Å²) in [6.07, 6.45) is 2.36. The molecule has 94 valence electrons. The van der Waals surface area contributed by atoms with E-state index in [0.29, 0.717) is 30.2 Å². The van der Waals surface area contributed by atoms with Gasteiger partial charge in [-0.1, -0.05) is 6.07 Å². The van der Waals surface area contributed by atoms with Crippen LogP contribution in [0.3, 0.4) is 0 Å². The number of nitrogens with zero attached hydrogens (tertiary/aromatic N) is 1. The van der Waals surface area contributed by atoms with Crippen molar-refractivity contribution in [3.63, 3.8) is 0 Å². The van der Waals surface area contributed by atoms with Crippen LogP contribution in [0.4, 0.5) is 4.39 Å². The van der Waals surface area contributed by atoms with Crippen LogP contribution in [0.5, 0.6) is 11.6 Å². The Balaban J connectivity index is 2.25. The van der Waals surface area contributed by atoms with Crippen molar-refractivity contribution in [1.29, 1.82) is 0 Å². The van der Waals surface area contributed by atoms with Gasteiger partial charge in [0.05, 0.1) is 0 Å². The SMILES string of the molecule is Cc1cc(Oc2ncccc2CCN)ccc1F. The molecule has 2 aromatic rings. The van der Waals surface area contributed by atoms with E-state index in [9.17, 15) is 4.39 Å². The molecule has 0 amide bonds. The molecule has 0 atom stereocenters. The number of ether oxygens (including phenoxy) is 1. The maximum atomic E-state index is 13.1. The van der Waals surface area contributed by atoms with Crippen LogP contribution < -0.4 is 10.5 Å². The van der Waals surface area contributed by atoms with Crippen molar-refractivity contribution < 1.29 is 9.13 Å². The minimum Gasteiger partial charge on any atom is -0.439 e. The summed E-state index contributed by atoms with van der Waals surface area (Å²) in [4.78, 5) is 4.17. The van der Waals surface area contributed by atoms with Gasteiger partial charge < -0.3 is 10.5 Å². The molecule has 0 unspecified atom stereocenters. The summed E-state index contributed by atoms with van der Waals surface area (Å²) in [6.45, 7) is 2.23. The van der Waals surface area contributed by atoms with Crippen LogP contribution in [0.2, 0.25) is 0 Å². The second-order valence-corrected chi connectivity index (χ2v) is 4.02. The van der Waals surface area contributed by atoms with Crippen molar-refractivity contribution >= 4 is 0 Å². The monoisotopic (exact) mass is 246 g/mol. The first-order valence-corrected chi connectivity index (χ1v) is 5.78. The normalized spacial score (nSPS) is 10.4. The highest BCUT2D eigenvalue weighted by Crippen LogP contribution is 2.24. The van der Waals surface area contributed by atoms with Crippen LogP contribution in [0.25, 0.3) is 0 Å². The average Bonchev–Trinajstić information content (AvgIpc) is 2.37. The first kappa shape index (κ1) is 12.5. The lowest BCUT2D eigenvalue weighted by molar-refractivity contribution is 0.454. The maximum Gasteiger partial charge on any atom is 0.222 e. The summed E-state index contributed by atoms with van der Waals surface area (Å²) >= 11 is 0. The molecule has 0 bridgehead atoms. The van der Waals surface area contributed by atoms with E-state index in [1.54, 1.807) is 25.3 Å². The Labute approximate surface area is 105 Å². The summed E-state index contributed by atoms with van der Waals surface area (Å²) in [6, 6.07) is 8.38. The molecule has 2 N–H and O–H groups in total. The van der Waals surface area contributed by atoms with E-state index < -0.39 is 0 Å². The van der Waals surface area contributed by atoms with Crippen LogP contribution in [-0.4, -0.2) is 11.5 Å². The Morgan fingerprint density at radius 1 is 1.33 bits per heavy atom. The van der Waals surface area contributed by atoms with Gasteiger partial charge >= 0.3 is 0 Å². The molecule has 0 aliphatic carbocycles. The third-order valence-corrected chi connectivity index (χ3v) is 2.61. The Hall–Kier alpha value is -1.94. The molecule has 0 spiro atoms. The first-order chi connectivity index (χ1) is 8.70. The molecule has 0 saturated heterocycles. The molecule has 18 heavy (non-hydrogen) atoms. The smallest absolute Gasteiger partial charge is 0.222 e. The van der Waals surface area contributed by atoms with E-state index in [0.717, 1.165) is 5.56 Å². The molecule has 2 rings (SSSR count). The van der Waals surface area contributed by atoms with Crippen LogP contribution in [0, 0.1) is 12.7 Å². The van der Waals surface area contributed by atoms with E-state index in [-0.39, 0.29) is 5.82 Å². The van der Waals surface area contributed by atoms with Gasteiger partial charge in [-0.2, -0.15) is 0 Å². The molecular weight excluding hydrogens is 231 g/mol. The topological polar surface area (TPSA) is 48.1 Å². The molecule has 0 aliphatic heterocycles. The lowest BCUT2D eigenvalue weighted by atomic mass is 10.2. The molecule has 3 nitrogen and oxygen atoms in total. The average molecular weight is 246 g/mol. The number of halogens is 1. The number of pyridine rings is 1. The Morgan fingerprint density at radius 2 is 2.17 bits per heavy atom. The minimum atomic E-state index is -0.245. The summed E-state index contributed by atoms with van der Waals surface area (Å²) < 4.78 is 18.8. The molecule has 1 aromatic heterocycles. The van der Waals surface area contributed by atoms with Gasteiger partial charge in [0, 0.05) is 11.8 Å². The highest BCUT2D eigenvalue weighted by atomic mass is 19.1. The van der Waals surface area contributed by atoms with Gasteiger partial charge in [-0.25, -0.2) is 9.37 Å². The molecule has 0 radical (unpaired) electrons. The Bertz CT molecular complexity index is 543. The van der Waals surface area contributed by atoms with Gasteiger partial charge in [0.15, 0.2) is 0 Å². The highest BCUT2D eigenvalue weighted by Gasteiger charge is 2.06. The van der Waals surface area contributed by atoms with Crippen molar-refractivity contribution in [2.24, 2.45) is 5.73 Å². The van der Waals surface area contributed by atoms with Crippen molar-refractivity contribution in [3.05, 3.63) is 53.5 Å². The van der Waals surface area contributed by atoms with E-state index in [2.05, 4.69) is 4.98 Å². The van der Waals surface area contributed by atoms with Crippen LogP contribution in [0.1, 0.15) is 11.1 Å². The highest BCUT2D eigenvalue weighted by molar-refractivity contribution is 5.35. The van der Waals surface area contributed by atoms with Gasteiger partial charge in [-0.15, -0.1) is 0 Å². The fourth-order valence-corrected chi connectivity index (χ4v) is 1.65. The fraction of sp³-hybridized carbons (Fsp3) is 0.214. The van der Waals surface area contributed by atoms with E-state index in [1.807, 2.05) is 12.1 Å². The summed E-state index contributed by atoms with van der Waals surface area (Å²) in [5.74, 6) is 0.852. The second-order valence-electron chi connectivity index (χ2n) is 4.02. The van der Waals surface area contributed by atoms with Gasteiger partial charge in [0.25, 0.3) is 0 Å². The zero-order chi connectivity index (χ0) is 13.0. The maximum absolute atomic E-state index is 13.1. The van der Waals surface area contributed by atoms with Gasteiger partial charge in [0.1, 0.15) is 11.6 Å². The number of hydrogen-bond acceptors (Lipinski definition) is 3. The molecule has 0 fully saturated rings. The van der Waals surface area contributed by atoms with E-state index in [4.69, 9.17) is 10.5 Å². The number of rotatable bonds is 4. The predicted molar refractivity (Wildman–Crippen MR) is 68.2 cm³/mol. The van der Waals surface area contributed by atoms with E-state index in [1.165, 1.54) is 6.07 Å². The number of benzene rings is 1. The molecule has 0 saturated carbocycles. The van der Waals surface area contributed by atoms with Crippen molar-refractivity contribution in [1.82, 2.24) is 4.98 Å². The lowest BCUT2D eigenvalue weighted by Gasteiger charge is -2.09. The minimum absolute atomic E-state index is 0.245. The number of nitrogens with two attached hydrogens (primary N) is 1. The third-order valence-electron chi connectivity index (χ3n) is 2.61. The summed E-state index contributed by atoms with van der Waals surface area (Å²) in [7, 11) is 0. The molecule has 4 heteroatoms. The molecular formula is C14H15FN2O. The van der Waals surface area contributed by atoms with Crippen LogP contribution in [-0.2, 0) is 6.42 Å². The number of aryl methyl sites for hydroxylation is 1. The molecule has 1 aromatic carbocycles. The zero-order valence-electron chi connectivity index (χ0n) is 10.2. The lowest BCUT2D eigenvalue weighted by Crippen LogP contribution is -2.04.